The Morgan fingerprint density at radius 1 is 0.980 bits per heavy atom. The molecule has 2 aromatic heterocycles. The molecule has 1 aliphatic heterocycles. The summed E-state index contributed by atoms with van der Waals surface area (Å²) in [6, 6.07) is 8.31. The molecular formula is C33H36F3N7O4S2. The second-order valence-electron chi connectivity index (χ2n) is 13.1. The van der Waals surface area contributed by atoms with E-state index in [4.69, 9.17) is 20.2 Å². The number of ether oxygens (including phenoxy) is 2. The number of halogens is 3. The number of aromatic nitrogens is 3. The summed E-state index contributed by atoms with van der Waals surface area (Å²) in [5.41, 5.74) is 4.94. The zero-order valence-corrected chi connectivity index (χ0v) is 29.3. The van der Waals surface area contributed by atoms with E-state index in [2.05, 4.69) is 14.7 Å². The van der Waals surface area contributed by atoms with Crippen LogP contribution in [0.25, 0.3) is 21.8 Å². The second-order valence-corrected chi connectivity index (χ2v) is 15.0. The van der Waals surface area contributed by atoms with Crippen LogP contribution in [0, 0.1) is 17.5 Å². The lowest BCUT2D eigenvalue weighted by molar-refractivity contribution is -0.0152. The molecule has 0 saturated carbocycles. The molecule has 1 atom stereocenters. The number of nitrogen functional groups attached to an aromatic ring is 1. The molecule has 16 heteroatoms. The maximum Gasteiger partial charge on any atom is 0.411 e. The highest BCUT2D eigenvalue weighted by atomic mass is 32.2. The van der Waals surface area contributed by atoms with Crippen LogP contribution in [0.1, 0.15) is 52.6 Å². The SMILES string of the molecule is CC(C)(C)OC(=O)N1CCN(C(=O)OC(C)(C)C)C(c2nc(-c3cccc(NSc4cc(F)ccc4F)c3F)c(-c3ccnc(N)n3)s2)C1. The number of hydrogen-bond donors (Lipinski definition) is 2. The van der Waals surface area contributed by atoms with Gasteiger partial charge in [0.1, 0.15) is 33.9 Å². The van der Waals surface area contributed by atoms with Gasteiger partial charge in [0, 0.05) is 24.8 Å². The first-order chi connectivity index (χ1) is 23.0. The molecule has 4 aromatic rings. The lowest BCUT2D eigenvalue weighted by atomic mass is 10.1. The summed E-state index contributed by atoms with van der Waals surface area (Å²) in [5, 5.41) is 0.371. The number of hydrogen-bond acceptors (Lipinski definition) is 11. The second kappa shape index (κ2) is 14.1. The van der Waals surface area contributed by atoms with E-state index in [1.54, 1.807) is 53.7 Å². The van der Waals surface area contributed by atoms with E-state index in [0.29, 0.717) is 27.5 Å². The summed E-state index contributed by atoms with van der Waals surface area (Å²) < 4.78 is 58.4. The van der Waals surface area contributed by atoms with Gasteiger partial charge in [0.25, 0.3) is 0 Å². The van der Waals surface area contributed by atoms with E-state index in [1.807, 2.05) is 0 Å². The Hall–Kier alpha value is -4.57. The van der Waals surface area contributed by atoms with E-state index in [-0.39, 0.29) is 47.4 Å². The van der Waals surface area contributed by atoms with Gasteiger partial charge >= 0.3 is 12.2 Å². The fourth-order valence-electron chi connectivity index (χ4n) is 4.82. The number of benzene rings is 2. The average Bonchev–Trinajstić information content (AvgIpc) is 3.45. The molecule has 1 unspecified atom stereocenters. The maximum atomic E-state index is 16.3. The fraction of sp³-hybridized carbons (Fsp3) is 0.364. The van der Waals surface area contributed by atoms with Crippen LogP contribution in [0.3, 0.4) is 0 Å². The molecule has 0 aliphatic carbocycles. The molecule has 1 saturated heterocycles. The molecule has 2 amide bonds. The quantitative estimate of drug-likeness (QED) is 0.190. The lowest BCUT2D eigenvalue weighted by Gasteiger charge is -2.41. The zero-order chi connectivity index (χ0) is 35.7. The summed E-state index contributed by atoms with van der Waals surface area (Å²) in [5.74, 6) is -2.07. The highest BCUT2D eigenvalue weighted by Gasteiger charge is 2.39. The smallest absolute Gasteiger partial charge is 0.411 e. The van der Waals surface area contributed by atoms with Crippen molar-refractivity contribution in [1.82, 2.24) is 24.8 Å². The minimum absolute atomic E-state index is 0.0157. The van der Waals surface area contributed by atoms with E-state index >= 15 is 4.39 Å². The van der Waals surface area contributed by atoms with Gasteiger partial charge in [-0.2, -0.15) is 0 Å². The fourth-order valence-corrected chi connectivity index (χ4v) is 6.69. The molecule has 3 N–H and O–H groups in total. The van der Waals surface area contributed by atoms with Crippen LogP contribution >= 0.6 is 23.3 Å². The Bertz CT molecular complexity index is 1860. The summed E-state index contributed by atoms with van der Waals surface area (Å²) in [4.78, 5) is 43.2. The van der Waals surface area contributed by atoms with Gasteiger partial charge in [-0.25, -0.2) is 37.7 Å². The Balaban J connectivity index is 1.58. The van der Waals surface area contributed by atoms with Crippen molar-refractivity contribution < 1.29 is 32.2 Å². The van der Waals surface area contributed by atoms with Crippen LogP contribution in [0.4, 0.5) is 34.4 Å². The number of amides is 2. The van der Waals surface area contributed by atoms with E-state index in [9.17, 15) is 18.4 Å². The van der Waals surface area contributed by atoms with Crippen molar-refractivity contribution in [3.05, 3.63) is 71.1 Å². The predicted octanol–water partition coefficient (Wildman–Crippen LogP) is 7.91. The van der Waals surface area contributed by atoms with Gasteiger partial charge in [-0.1, -0.05) is 6.07 Å². The first-order valence-corrected chi connectivity index (χ1v) is 16.9. The zero-order valence-electron chi connectivity index (χ0n) is 27.7. The highest BCUT2D eigenvalue weighted by Crippen LogP contribution is 2.43. The van der Waals surface area contributed by atoms with Crippen LogP contribution in [-0.4, -0.2) is 67.8 Å². The maximum absolute atomic E-state index is 16.3. The molecule has 2 aromatic carbocycles. The molecule has 3 heterocycles. The number of rotatable bonds is 6. The summed E-state index contributed by atoms with van der Waals surface area (Å²) in [7, 11) is 0. The number of piperazine rings is 1. The standard InChI is InChI=1S/C33H36F3N7O4S2/c1-32(2,3)46-30(44)42-14-15-43(31(45)47-33(4,5)6)23(17-42)28-40-26(27(48-28)22-12-13-38-29(37)39-22)19-8-7-9-21(25(19)36)41-49-24-16-18(34)10-11-20(24)35/h7-13,16,23,41H,14-15,17H2,1-6H3,(H2,37,38,39). The van der Waals surface area contributed by atoms with Crippen molar-refractivity contribution in [2.45, 2.75) is 63.7 Å². The number of carbonyl (C=O) groups excluding carboxylic acids is 2. The van der Waals surface area contributed by atoms with Crippen LogP contribution in [0.15, 0.2) is 53.6 Å². The van der Waals surface area contributed by atoms with E-state index in [1.165, 1.54) is 28.1 Å². The molecule has 1 aliphatic rings. The van der Waals surface area contributed by atoms with Crippen molar-refractivity contribution in [2.24, 2.45) is 0 Å². The number of thiazole rings is 1. The van der Waals surface area contributed by atoms with E-state index in [0.717, 1.165) is 29.5 Å². The van der Waals surface area contributed by atoms with Crippen LogP contribution < -0.4 is 10.5 Å². The molecule has 1 fully saturated rings. The molecule has 49 heavy (non-hydrogen) atoms. The van der Waals surface area contributed by atoms with Crippen molar-refractivity contribution in [1.29, 1.82) is 0 Å². The third kappa shape index (κ3) is 8.73. The number of anilines is 2. The number of nitrogens with one attached hydrogen (secondary N) is 1. The minimum atomic E-state index is -0.802. The first kappa shape index (κ1) is 35.7. The highest BCUT2D eigenvalue weighted by molar-refractivity contribution is 8.00. The largest absolute Gasteiger partial charge is 0.444 e. The minimum Gasteiger partial charge on any atom is -0.444 e. The van der Waals surface area contributed by atoms with E-state index < -0.39 is 46.9 Å². The number of carbonyl (C=O) groups is 2. The van der Waals surface area contributed by atoms with Gasteiger partial charge in [0.2, 0.25) is 5.95 Å². The van der Waals surface area contributed by atoms with Crippen LogP contribution in [-0.2, 0) is 9.47 Å². The number of nitrogens with two attached hydrogens (primary N) is 1. The Morgan fingerprint density at radius 2 is 1.69 bits per heavy atom. The molecule has 11 nitrogen and oxygen atoms in total. The normalized spacial score (nSPS) is 15.2. The first-order valence-electron chi connectivity index (χ1n) is 15.2. The van der Waals surface area contributed by atoms with Gasteiger partial charge in [-0.15, -0.1) is 11.3 Å². The summed E-state index contributed by atoms with van der Waals surface area (Å²) in [6.07, 6.45) is 0.292. The summed E-state index contributed by atoms with van der Waals surface area (Å²) in [6.45, 7) is 10.9. The lowest BCUT2D eigenvalue weighted by Crippen LogP contribution is -2.54. The average molecular weight is 716 g/mol. The third-order valence-corrected chi connectivity index (χ3v) is 8.95. The summed E-state index contributed by atoms with van der Waals surface area (Å²) >= 11 is 1.86. The topological polar surface area (TPSA) is 136 Å². The van der Waals surface area contributed by atoms with Gasteiger partial charge in [0.15, 0.2) is 5.82 Å². The third-order valence-electron chi connectivity index (χ3n) is 6.91. The molecule has 0 radical (unpaired) electrons. The predicted molar refractivity (Wildman–Crippen MR) is 182 cm³/mol. The van der Waals surface area contributed by atoms with Crippen molar-refractivity contribution in [3.8, 4) is 21.8 Å². The van der Waals surface area contributed by atoms with Gasteiger partial charge in [0.05, 0.1) is 33.4 Å². The molecule has 5 rings (SSSR count). The Morgan fingerprint density at radius 3 is 2.39 bits per heavy atom. The van der Waals surface area contributed by atoms with Crippen molar-refractivity contribution in [3.63, 3.8) is 0 Å². The van der Waals surface area contributed by atoms with Crippen molar-refractivity contribution in [2.75, 3.05) is 30.1 Å². The van der Waals surface area contributed by atoms with Gasteiger partial charge in [-0.05, 0) is 89.9 Å². The monoisotopic (exact) mass is 715 g/mol. The molecular weight excluding hydrogens is 680 g/mol. The van der Waals surface area contributed by atoms with Gasteiger partial charge < -0.3 is 24.8 Å². The Kier molecular flexibility index (Phi) is 10.3. The van der Waals surface area contributed by atoms with Crippen LogP contribution in [0.5, 0.6) is 0 Å². The van der Waals surface area contributed by atoms with Gasteiger partial charge in [-0.3, -0.25) is 4.90 Å². The Labute approximate surface area is 290 Å². The number of nitrogens with zero attached hydrogens (tertiary/aromatic N) is 5. The van der Waals surface area contributed by atoms with Crippen LogP contribution in [0.2, 0.25) is 0 Å². The van der Waals surface area contributed by atoms with Crippen molar-refractivity contribution >= 4 is 47.1 Å². The molecule has 0 bridgehead atoms. The molecule has 0 spiro atoms. The molecule has 260 valence electrons.